The molecule has 0 aliphatic rings. The molecule has 18 heavy (non-hydrogen) atoms. The third-order valence-corrected chi connectivity index (χ3v) is 2.68. The fourth-order valence-electron chi connectivity index (χ4n) is 1.81. The molecule has 100 valence electrons. The number of likely N-dealkylation sites (N-methyl/N-ethyl adjacent to an activating group) is 1. The van der Waals surface area contributed by atoms with Gasteiger partial charge in [0.05, 0.1) is 13.0 Å². The molecule has 0 amide bonds. The number of hydrogen-bond acceptors (Lipinski definition) is 4. The summed E-state index contributed by atoms with van der Waals surface area (Å²) in [5, 5.41) is 11.8. The van der Waals surface area contributed by atoms with E-state index in [9.17, 15) is 4.79 Å². The van der Waals surface area contributed by atoms with Gasteiger partial charge < -0.3 is 20.9 Å². The molecule has 0 radical (unpaired) electrons. The van der Waals surface area contributed by atoms with E-state index >= 15 is 0 Å². The van der Waals surface area contributed by atoms with Crippen molar-refractivity contribution < 1.29 is 14.6 Å². The summed E-state index contributed by atoms with van der Waals surface area (Å²) in [6.45, 7) is 2.48. The molecule has 1 rings (SSSR count). The topological polar surface area (TPSA) is 84.6 Å². The number of carboxylic acids is 1. The summed E-state index contributed by atoms with van der Waals surface area (Å²) in [7, 11) is 1.75. The van der Waals surface area contributed by atoms with Crippen LogP contribution in [0, 0.1) is 0 Å². The van der Waals surface area contributed by atoms with Gasteiger partial charge in [0.15, 0.2) is 0 Å². The molecule has 4 N–H and O–H groups in total. The minimum Gasteiger partial charge on any atom is -0.494 e. The number of nitrogen functional groups attached to an aromatic ring is 1. The third-order valence-electron chi connectivity index (χ3n) is 2.68. The Labute approximate surface area is 107 Å². The molecule has 0 heterocycles. The van der Waals surface area contributed by atoms with E-state index in [1.807, 2.05) is 19.1 Å². The van der Waals surface area contributed by atoms with Crippen molar-refractivity contribution >= 4 is 11.7 Å². The van der Waals surface area contributed by atoms with Crippen molar-refractivity contribution in [2.45, 2.75) is 25.8 Å². The predicted molar refractivity (Wildman–Crippen MR) is 70.8 cm³/mol. The van der Waals surface area contributed by atoms with Gasteiger partial charge in [-0.25, -0.2) is 0 Å². The van der Waals surface area contributed by atoms with Crippen LogP contribution < -0.4 is 15.8 Å². The van der Waals surface area contributed by atoms with Gasteiger partial charge in [0.25, 0.3) is 0 Å². The lowest BCUT2D eigenvalue weighted by Gasteiger charge is -2.17. The maximum Gasteiger partial charge on any atom is 0.304 e. The highest BCUT2D eigenvalue weighted by atomic mass is 16.5. The predicted octanol–water partition coefficient (Wildman–Crippen LogP) is 1.27. The Hall–Kier alpha value is -1.75. The van der Waals surface area contributed by atoms with Gasteiger partial charge in [-0.2, -0.15) is 0 Å². The molecule has 1 aromatic carbocycles. The first kappa shape index (κ1) is 14.3. The Kier molecular flexibility index (Phi) is 5.45. The van der Waals surface area contributed by atoms with Crippen LogP contribution >= 0.6 is 0 Å². The third kappa shape index (κ3) is 4.25. The van der Waals surface area contributed by atoms with Crippen LogP contribution in [0.4, 0.5) is 5.69 Å². The van der Waals surface area contributed by atoms with E-state index in [1.54, 1.807) is 13.1 Å². The first-order valence-electron chi connectivity index (χ1n) is 5.97. The minimum atomic E-state index is -0.823. The number of aliphatic carboxylic acids is 1. The first-order valence-corrected chi connectivity index (χ1v) is 5.97. The van der Waals surface area contributed by atoms with Gasteiger partial charge in [-0.3, -0.25) is 4.79 Å². The number of hydrogen-bond donors (Lipinski definition) is 3. The second-order valence-electron chi connectivity index (χ2n) is 4.09. The lowest BCUT2D eigenvalue weighted by Crippen LogP contribution is -2.30. The summed E-state index contributed by atoms with van der Waals surface area (Å²) in [5.74, 6) is -0.0615. The summed E-state index contributed by atoms with van der Waals surface area (Å²) in [5.41, 5.74) is 7.33. The molecular weight excluding hydrogens is 232 g/mol. The average Bonchev–Trinajstić information content (AvgIpc) is 2.31. The normalized spacial score (nSPS) is 12.1. The number of carboxylic acid groups (broad SMARTS) is 1. The SMILES string of the molecule is CCOc1ccc(N)cc1C[C@@H](CC(=O)O)NC. The van der Waals surface area contributed by atoms with Crippen molar-refractivity contribution in [3.63, 3.8) is 0 Å². The molecule has 1 aromatic rings. The lowest BCUT2D eigenvalue weighted by atomic mass is 10.0. The van der Waals surface area contributed by atoms with Crippen LogP contribution in [0.1, 0.15) is 18.9 Å². The molecule has 0 saturated heterocycles. The van der Waals surface area contributed by atoms with Crippen LogP contribution in [0.2, 0.25) is 0 Å². The van der Waals surface area contributed by atoms with E-state index < -0.39 is 5.97 Å². The average molecular weight is 252 g/mol. The van der Waals surface area contributed by atoms with Gasteiger partial charge in [0.2, 0.25) is 0 Å². The molecule has 0 bridgehead atoms. The number of rotatable bonds is 7. The monoisotopic (exact) mass is 252 g/mol. The Balaban J connectivity index is 2.85. The summed E-state index contributed by atoms with van der Waals surface area (Å²) in [6, 6.07) is 5.29. The highest BCUT2D eigenvalue weighted by Gasteiger charge is 2.14. The Bertz CT molecular complexity index is 407. The quantitative estimate of drug-likeness (QED) is 0.636. The summed E-state index contributed by atoms with van der Waals surface area (Å²) >= 11 is 0. The highest BCUT2D eigenvalue weighted by Crippen LogP contribution is 2.23. The number of anilines is 1. The number of nitrogens with one attached hydrogen (secondary N) is 1. The summed E-state index contributed by atoms with van der Waals surface area (Å²) in [4.78, 5) is 10.7. The number of nitrogens with two attached hydrogens (primary N) is 1. The Morgan fingerprint density at radius 2 is 2.28 bits per heavy atom. The van der Waals surface area contributed by atoms with E-state index in [4.69, 9.17) is 15.6 Å². The van der Waals surface area contributed by atoms with Crippen molar-refractivity contribution in [1.29, 1.82) is 0 Å². The molecule has 1 atom stereocenters. The van der Waals surface area contributed by atoms with Crippen LogP contribution in [0.5, 0.6) is 5.75 Å². The molecule has 5 nitrogen and oxygen atoms in total. The van der Waals surface area contributed by atoms with Gasteiger partial charge in [-0.15, -0.1) is 0 Å². The molecule has 0 aromatic heterocycles. The number of benzene rings is 1. The zero-order valence-electron chi connectivity index (χ0n) is 10.8. The van der Waals surface area contributed by atoms with Crippen molar-refractivity contribution in [1.82, 2.24) is 5.32 Å². The Morgan fingerprint density at radius 3 is 2.83 bits per heavy atom. The largest absolute Gasteiger partial charge is 0.494 e. The van der Waals surface area contributed by atoms with Gasteiger partial charge in [-0.1, -0.05) is 0 Å². The van der Waals surface area contributed by atoms with E-state index in [0.717, 1.165) is 11.3 Å². The second-order valence-corrected chi connectivity index (χ2v) is 4.09. The lowest BCUT2D eigenvalue weighted by molar-refractivity contribution is -0.137. The van der Waals surface area contributed by atoms with Crippen molar-refractivity contribution in [3.05, 3.63) is 23.8 Å². The first-order chi connectivity index (χ1) is 8.56. The van der Waals surface area contributed by atoms with Crippen molar-refractivity contribution in [2.24, 2.45) is 0 Å². The van der Waals surface area contributed by atoms with E-state index in [2.05, 4.69) is 5.32 Å². The van der Waals surface area contributed by atoms with Crippen LogP contribution in [0.15, 0.2) is 18.2 Å². The van der Waals surface area contributed by atoms with Gasteiger partial charge >= 0.3 is 5.97 Å². The van der Waals surface area contributed by atoms with Crippen LogP contribution in [0.25, 0.3) is 0 Å². The van der Waals surface area contributed by atoms with Crippen molar-refractivity contribution in [3.8, 4) is 5.75 Å². The van der Waals surface area contributed by atoms with E-state index in [0.29, 0.717) is 18.7 Å². The van der Waals surface area contributed by atoms with Crippen LogP contribution in [-0.2, 0) is 11.2 Å². The molecule has 0 saturated carbocycles. The molecule has 0 spiro atoms. The zero-order chi connectivity index (χ0) is 13.5. The molecule has 0 aliphatic carbocycles. The second kappa shape index (κ2) is 6.86. The zero-order valence-corrected chi connectivity index (χ0v) is 10.8. The highest BCUT2D eigenvalue weighted by molar-refractivity contribution is 5.67. The van der Waals surface area contributed by atoms with E-state index in [-0.39, 0.29) is 12.5 Å². The van der Waals surface area contributed by atoms with Gasteiger partial charge in [-0.05, 0) is 44.2 Å². The standard InChI is InChI=1S/C13H20N2O3/c1-3-18-12-5-4-10(14)6-9(12)7-11(15-2)8-13(16)17/h4-6,11,15H,3,7-8,14H2,1-2H3,(H,16,17)/t11-/m0/s1. The van der Waals surface area contributed by atoms with Crippen molar-refractivity contribution in [2.75, 3.05) is 19.4 Å². The molecule has 0 fully saturated rings. The maximum absolute atomic E-state index is 10.7. The molecule has 0 unspecified atom stereocenters. The summed E-state index contributed by atoms with van der Waals surface area (Å²) in [6.07, 6.45) is 0.639. The smallest absolute Gasteiger partial charge is 0.304 e. The number of carbonyl (C=O) groups is 1. The number of ether oxygens (including phenoxy) is 1. The fraction of sp³-hybridized carbons (Fsp3) is 0.462. The van der Waals surface area contributed by atoms with Gasteiger partial charge in [0, 0.05) is 11.7 Å². The fourth-order valence-corrected chi connectivity index (χ4v) is 1.81. The molecule has 0 aliphatic heterocycles. The van der Waals surface area contributed by atoms with Crippen LogP contribution in [-0.4, -0.2) is 30.8 Å². The maximum atomic E-state index is 10.7. The van der Waals surface area contributed by atoms with Crippen LogP contribution in [0.3, 0.4) is 0 Å². The van der Waals surface area contributed by atoms with Gasteiger partial charge in [0.1, 0.15) is 5.75 Å². The van der Waals surface area contributed by atoms with E-state index in [1.165, 1.54) is 0 Å². The minimum absolute atomic E-state index is 0.0663. The Morgan fingerprint density at radius 1 is 1.56 bits per heavy atom. The molecular formula is C13H20N2O3. The summed E-state index contributed by atoms with van der Waals surface area (Å²) < 4.78 is 5.51. The molecule has 5 heteroatoms.